The molecule has 17 heavy (non-hydrogen) atoms. The average molecular weight is 239 g/mol. The molecule has 0 unspecified atom stereocenters. The molecule has 3 nitrogen and oxygen atoms in total. The minimum atomic E-state index is -0.309. The Morgan fingerprint density at radius 1 is 1.29 bits per heavy atom. The molecule has 1 aliphatic rings. The van der Waals surface area contributed by atoms with Gasteiger partial charge in [-0.2, -0.15) is 0 Å². The molecule has 1 rings (SSSR count). The number of ether oxygens (including phenoxy) is 1. The van der Waals surface area contributed by atoms with Gasteiger partial charge in [-0.1, -0.05) is 51.2 Å². The van der Waals surface area contributed by atoms with Crippen molar-refractivity contribution in [2.75, 3.05) is 6.61 Å². The first-order valence-electron chi connectivity index (χ1n) is 6.79. The van der Waals surface area contributed by atoms with E-state index < -0.39 is 0 Å². The fourth-order valence-corrected chi connectivity index (χ4v) is 2.00. The Morgan fingerprint density at radius 3 is 2.65 bits per heavy atom. The average Bonchev–Trinajstić information content (AvgIpc) is 2.63. The second kappa shape index (κ2) is 7.36. The maximum absolute atomic E-state index is 10.9. The molecule has 0 aromatic rings. The lowest BCUT2D eigenvalue weighted by atomic mass is 10.0. The number of nitrogens with one attached hydrogen (secondary N) is 1. The second-order valence-electron chi connectivity index (χ2n) is 5.08. The van der Waals surface area contributed by atoms with Crippen molar-refractivity contribution in [1.82, 2.24) is 5.32 Å². The zero-order valence-electron chi connectivity index (χ0n) is 11.1. The highest BCUT2D eigenvalue weighted by Gasteiger charge is 2.31. The van der Waals surface area contributed by atoms with E-state index in [1.807, 2.05) is 6.92 Å². The highest BCUT2D eigenvalue weighted by molar-refractivity contribution is 5.71. The fourth-order valence-electron chi connectivity index (χ4n) is 2.00. The van der Waals surface area contributed by atoms with Gasteiger partial charge in [-0.05, 0) is 19.8 Å². The number of amides is 1. The molecule has 1 saturated heterocycles. The lowest BCUT2D eigenvalue weighted by Gasteiger charge is -2.14. The van der Waals surface area contributed by atoms with Gasteiger partial charge in [-0.3, -0.25) is 0 Å². The van der Waals surface area contributed by atoms with Crippen LogP contribution in [-0.4, -0.2) is 18.2 Å². The van der Waals surface area contributed by atoms with E-state index in [1.165, 1.54) is 38.5 Å². The van der Waals surface area contributed by atoms with Crippen LogP contribution in [0.25, 0.3) is 0 Å². The molecular weight excluding hydrogens is 214 g/mol. The summed E-state index contributed by atoms with van der Waals surface area (Å²) in [5.41, 5.74) is -0.292. The predicted molar refractivity (Wildman–Crippen MR) is 70.0 cm³/mol. The molecule has 1 N–H and O–H groups in total. The summed E-state index contributed by atoms with van der Waals surface area (Å²) >= 11 is 0. The van der Waals surface area contributed by atoms with Gasteiger partial charge in [-0.15, -0.1) is 0 Å². The third-order valence-electron chi connectivity index (χ3n) is 3.10. The summed E-state index contributed by atoms with van der Waals surface area (Å²) in [5.74, 6) is 0. The zero-order chi connectivity index (χ0) is 12.6. The van der Waals surface area contributed by atoms with Crippen molar-refractivity contribution in [3.63, 3.8) is 0 Å². The van der Waals surface area contributed by atoms with Crippen molar-refractivity contribution >= 4 is 6.09 Å². The highest BCUT2D eigenvalue weighted by atomic mass is 16.6. The molecule has 98 valence electrons. The molecule has 0 aromatic carbocycles. The molecule has 0 aliphatic carbocycles. The molecule has 1 fully saturated rings. The lowest BCUT2D eigenvalue weighted by Crippen LogP contribution is -2.37. The van der Waals surface area contributed by atoms with E-state index in [4.69, 9.17) is 4.74 Å². The number of hydrogen-bond acceptors (Lipinski definition) is 2. The van der Waals surface area contributed by atoms with E-state index in [0.717, 1.165) is 6.42 Å². The molecule has 0 radical (unpaired) electrons. The summed E-state index contributed by atoms with van der Waals surface area (Å²) in [7, 11) is 0. The highest BCUT2D eigenvalue weighted by Crippen LogP contribution is 2.14. The summed E-state index contributed by atoms with van der Waals surface area (Å²) in [6.07, 6.45) is 12.9. The molecule has 0 bridgehead atoms. The minimum Gasteiger partial charge on any atom is -0.447 e. The van der Waals surface area contributed by atoms with Gasteiger partial charge in [0.05, 0.1) is 5.54 Å². The predicted octanol–water partition coefficient (Wildman–Crippen LogP) is 3.79. The van der Waals surface area contributed by atoms with E-state index in [1.54, 1.807) is 0 Å². The van der Waals surface area contributed by atoms with Gasteiger partial charge in [0, 0.05) is 0 Å². The molecular formula is C14H25NO2. The van der Waals surface area contributed by atoms with Crippen molar-refractivity contribution < 1.29 is 9.53 Å². The molecule has 0 spiro atoms. The van der Waals surface area contributed by atoms with E-state index in [9.17, 15) is 4.79 Å². The van der Waals surface area contributed by atoms with Crippen LogP contribution >= 0.6 is 0 Å². The van der Waals surface area contributed by atoms with E-state index in [0.29, 0.717) is 6.61 Å². The van der Waals surface area contributed by atoms with Gasteiger partial charge >= 0.3 is 6.09 Å². The maximum atomic E-state index is 10.9. The van der Waals surface area contributed by atoms with E-state index in [2.05, 4.69) is 24.4 Å². The van der Waals surface area contributed by atoms with Crippen molar-refractivity contribution in [3.8, 4) is 0 Å². The van der Waals surface area contributed by atoms with Crippen molar-refractivity contribution in [2.45, 2.75) is 64.3 Å². The van der Waals surface area contributed by atoms with Crippen molar-refractivity contribution in [1.29, 1.82) is 0 Å². The van der Waals surface area contributed by atoms with Crippen LogP contribution in [0.15, 0.2) is 12.2 Å². The number of unbranched alkanes of at least 4 members (excludes halogenated alkanes) is 6. The SMILES string of the molecule is CCCCCCCCC=C[C@]1(C)COC(=O)N1. The Bertz CT molecular complexity index is 263. The maximum Gasteiger partial charge on any atom is 0.408 e. The number of carbonyl (C=O) groups excluding carboxylic acids is 1. The van der Waals surface area contributed by atoms with Crippen LogP contribution in [0.5, 0.6) is 0 Å². The molecule has 1 atom stereocenters. The topological polar surface area (TPSA) is 38.3 Å². The number of rotatable bonds is 8. The van der Waals surface area contributed by atoms with E-state index in [-0.39, 0.29) is 11.6 Å². The molecule has 3 heteroatoms. The Balaban J connectivity index is 2.04. The van der Waals surface area contributed by atoms with Crippen LogP contribution in [0.2, 0.25) is 0 Å². The summed E-state index contributed by atoms with van der Waals surface area (Å²) in [6, 6.07) is 0. The standard InChI is InChI=1S/C14H25NO2/c1-3-4-5-6-7-8-9-10-11-14(2)12-17-13(16)15-14/h10-11H,3-9,12H2,1-2H3,(H,15,16)/t14-/m1/s1. The molecule has 1 amide bonds. The van der Waals surface area contributed by atoms with Gasteiger partial charge < -0.3 is 10.1 Å². The monoisotopic (exact) mass is 239 g/mol. The third kappa shape index (κ3) is 5.76. The van der Waals surface area contributed by atoms with Crippen LogP contribution < -0.4 is 5.32 Å². The Morgan fingerprint density at radius 2 is 2.00 bits per heavy atom. The largest absolute Gasteiger partial charge is 0.447 e. The number of cyclic esters (lactones) is 1. The zero-order valence-corrected chi connectivity index (χ0v) is 11.1. The second-order valence-corrected chi connectivity index (χ2v) is 5.08. The molecule has 0 saturated carbocycles. The molecule has 0 aromatic heterocycles. The summed E-state index contributed by atoms with van der Waals surface area (Å²) in [4.78, 5) is 10.9. The summed E-state index contributed by atoms with van der Waals surface area (Å²) in [6.45, 7) is 4.66. The van der Waals surface area contributed by atoms with Crippen LogP contribution in [0.4, 0.5) is 4.79 Å². The van der Waals surface area contributed by atoms with Gasteiger partial charge in [0.2, 0.25) is 0 Å². The Labute approximate surface area is 105 Å². The minimum absolute atomic E-state index is 0.292. The van der Waals surface area contributed by atoms with Crippen LogP contribution in [0.3, 0.4) is 0 Å². The first-order chi connectivity index (χ1) is 8.16. The van der Waals surface area contributed by atoms with Gasteiger partial charge in [0.15, 0.2) is 0 Å². The number of hydrogen-bond donors (Lipinski definition) is 1. The number of allylic oxidation sites excluding steroid dienone is 1. The summed E-state index contributed by atoms with van der Waals surface area (Å²) < 4.78 is 4.89. The quantitative estimate of drug-likeness (QED) is 0.517. The Hall–Kier alpha value is -0.990. The third-order valence-corrected chi connectivity index (χ3v) is 3.10. The smallest absolute Gasteiger partial charge is 0.408 e. The number of alkyl carbamates (subject to hydrolysis) is 1. The lowest BCUT2D eigenvalue weighted by molar-refractivity contribution is 0.175. The normalized spacial score (nSPS) is 24.0. The van der Waals surface area contributed by atoms with Gasteiger partial charge in [0.25, 0.3) is 0 Å². The summed E-state index contributed by atoms with van der Waals surface area (Å²) in [5, 5.41) is 2.80. The molecule has 1 heterocycles. The van der Waals surface area contributed by atoms with Crippen LogP contribution in [-0.2, 0) is 4.74 Å². The van der Waals surface area contributed by atoms with Gasteiger partial charge in [-0.25, -0.2) is 4.79 Å². The molecule has 1 aliphatic heterocycles. The van der Waals surface area contributed by atoms with Crippen molar-refractivity contribution in [2.24, 2.45) is 0 Å². The number of carbonyl (C=O) groups is 1. The van der Waals surface area contributed by atoms with E-state index >= 15 is 0 Å². The van der Waals surface area contributed by atoms with Crippen LogP contribution in [0, 0.1) is 0 Å². The first kappa shape index (κ1) is 14.1. The van der Waals surface area contributed by atoms with Crippen LogP contribution in [0.1, 0.15) is 58.8 Å². The van der Waals surface area contributed by atoms with Gasteiger partial charge in [0.1, 0.15) is 6.61 Å². The Kier molecular flexibility index (Phi) is 6.09. The van der Waals surface area contributed by atoms with Crippen molar-refractivity contribution in [3.05, 3.63) is 12.2 Å². The first-order valence-corrected chi connectivity index (χ1v) is 6.79. The fraction of sp³-hybridized carbons (Fsp3) is 0.786.